The first-order chi connectivity index (χ1) is 27.8. The van der Waals surface area contributed by atoms with E-state index < -0.39 is 11.9 Å². The maximum atomic E-state index is 13.1. The molecule has 4 amide bonds. The summed E-state index contributed by atoms with van der Waals surface area (Å²) in [6.45, 7) is 6.02. The summed E-state index contributed by atoms with van der Waals surface area (Å²) >= 11 is 0. The number of hydrogen-bond acceptors (Lipinski definition) is 10. The minimum absolute atomic E-state index is 0.0672. The van der Waals surface area contributed by atoms with Gasteiger partial charge in [0.25, 0.3) is 5.91 Å². The average molecular weight is 770 g/mol. The first kappa shape index (κ1) is 36.5. The molecule has 4 aliphatic rings. The molecule has 1 unspecified atom stereocenters. The fourth-order valence-corrected chi connectivity index (χ4v) is 8.41. The van der Waals surface area contributed by atoms with Crippen LogP contribution in [0.3, 0.4) is 0 Å². The highest BCUT2D eigenvalue weighted by molar-refractivity contribution is 6.05. The molecule has 1 atom stereocenters. The lowest BCUT2D eigenvalue weighted by Gasteiger charge is -2.30. The molecule has 0 spiro atoms. The Morgan fingerprint density at radius 3 is 2.54 bits per heavy atom. The maximum absolute atomic E-state index is 13.1. The summed E-state index contributed by atoms with van der Waals surface area (Å²) in [5.41, 5.74) is 5.88. The van der Waals surface area contributed by atoms with Crippen molar-refractivity contribution in [1.29, 1.82) is 0 Å². The van der Waals surface area contributed by atoms with Crippen molar-refractivity contribution in [2.45, 2.75) is 70.6 Å². The number of imidazole rings is 1. The first-order valence-corrected chi connectivity index (χ1v) is 19.6. The van der Waals surface area contributed by atoms with E-state index in [0.717, 1.165) is 83.0 Å². The van der Waals surface area contributed by atoms with Crippen LogP contribution in [0.4, 0.5) is 0 Å². The number of fused-ring (bicyclic) bond motifs is 3. The van der Waals surface area contributed by atoms with Crippen LogP contribution < -0.4 is 14.8 Å². The number of benzene rings is 2. The van der Waals surface area contributed by atoms with Crippen molar-refractivity contribution in [3.63, 3.8) is 0 Å². The molecule has 9 rings (SSSR count). The summed E-state index contributed by atoms with van der Waals surface area (Å²) in [6.07, 6.45) is 6.63. The Kier molecular flexibility index (Phi) is 9.87. The number of rotatable bonds is 10. The van der Waals surface area contributed by atoms with E-state index >= 15 is 0 Å². The lowest BCUT2D eigenvalue weighted by atomic mass is 9.99. The fourth-order valence-electron chi connectivity index (χ4n) is 8.41. The molecule has 0 aliphatic carbocycles. The molecule has 5 aromatic rings. The number of imide groups is 1. The number of carbonyl (C=O) groups is 4. The van der Waals surface area contributed by atoms with Gasteiger partial charge in [0.05, 0.1) is 43.4 Å². The van der Waals surface area contributed by atoms with Gasteiger partial charge in [-0.2, -0.15) is 0 Å². The van der Waals surface area contributed by atoms with Crippen molar-refractivity contribution in [1.82, 2.24) is 34.6 Å². The number of carbonyl (C=O) groups excluding carboxylic acids is 4. The van der Waals surface area contributed by atoms with E-state index in [2.05, 4.69) is 33.1 Å². The van der Waals surface area contributed by atoms with Gasteiger partial charge in [-0.3, -0.25) is 29.5 Å². The van der Waals surface area contributed by atoms with Gasteiger partial charge in [-0.15, -0.1) is 0 Å². The lowest BCUT2D eigenvalue weighted by Crippen LogP contribution is -2.52. The molecule has 4 aliphatic heterocycles. The Morgan fingerprint density at radius 1 is 0.912 bits per heavy atom. The number of ether oxygens (including phenoxy) is 3. The van der Waals surface area contributed by atoms with Crippen molar-refractivity contribution in [2.75, 3.05) is 33.0 Å². The van der Waals surface area contributed by atoms with Crippen LogP contribution in [0.25, 0.3) is 33.3 Å². The van der Waals surface area contributed by atoms with Crippen LogP contribution in [0.1, 0.15) is 72.4 Å². The monoisotopic (exact) mass is 769 g/mol. The molecule has 14 nitrogen and oxygen atoms in total. The average Bonchev–Trinajstić information content (AvgIpc) is 3.78. The Morgan fingerprint density at radius 2 is 1.74 bits per heavy atom. The summed E-state index contributed by atoms with van der Waals surface area (Å²) < 4.78 is 20.0. The Bertz CT molecular complexity index is 2390. The summed E-state index contributed by atoms with van der Waals surface area (Å²) in [7, 11) is 0. The quantitative estimate of drug-likeness (QED) is 0.151. The van der Waals surface area contributed by atoms with Crippen LogP contribution in [0.5, 0.6) is 11.6 Å². The molecule has 0 saturated carbocycles. The van der Waals surface area contributed by atoms with Crippen molar-refractivity contribution in [3.05, 3.63) is 89.6 Å². The second-order valence-electron chi connectivity index (χ2n) is 15.0. The third-order valence-electron chi connectivity index (χ3n) is 11.5. The molecule has 7 heterocycles. The van der Waals surface area contributed by atoms with E-state index in [1.807, 2.05) is 35.4 Å². The topological polar surface area (TPSA) is 158 Å². The highest BCUT2D eigenvalue weighted by Crippen LogP contribution is 2.38. The van der Waals surface area contributed by atoms with Gasteiger partial charge in [-0.25, -0.2) is 9.97 Å². The molecule has 2 aromatic carbocycles. The van der Waals surface area contributed by atoms with Crippen LogP contribution in [-0.2, 0) is 38.8 Å². The zero-order chi connectivity index (χ0) is 39.0. The minimum atomic E-state index is -0.677. The number of aromatic nitrogens is 4. The first-order valence-electron chi connectivity index (χ1n) is 19.6. The number of hydrogen-bond donors (Lipinski definition) is 1. The van der Waals surface area contributed by atoms with Crippen LogP contribution in [0.2, 0.25) is 0 Å². The summed E-state index contributed by atoms with van der Waals surface area (Å²) in [5.74, 6) is 1.57. The van der Waals surface area contributed by atoms with E-state index in [-0.39, 0.29) is 30.7 Å². The van der Waals surface area contributed by atoms with Crippen LogP contribution in [0.15, 0.2) is 67.0 Å². The summed E-state index contributed by atoms with van der Waals surface area (Å²) in [6, 6.07) is 16.7. The van der Waals surface area contributed by atoms with E-state index in [1.54, 1.807) is 25.3 Å². The second kappa shape index (κ2) is 15.4. The predicted molar refractivity (Wildman–Crippen MR) is 208 cm³/mol. The lowest BCUT2D eigenvalue weighted by molar-refractivity contribution is -0.137. The normalized spacial score (nSPS) is 18.4. The highest BCUT2D eigenvalue weighted by Gasteiger charge is 2.40. The molecule has 3 aromatic heterocycles. The number of nitrogens with one attached hydrogen (secondary N) is 1. The smallest absolute Gasteiger partial charge is 0.255 e. The standard InChI is InChI=1S/C43H43N7O7/c1-26(51)48-15-16-49-36(25-48)40(47-41(49)27-13-19-55-20-14-27)30-6-2-5-28-21-34(44-23-32(28)30)29-9-12-39(45-22-29)57-18-4-17-56-37-8-3-7-31-33(37)24-50(43(31)54)35-10-11-38(52)46-42(35)53/h2-3,5-9,12,21-23,27,35H,4,10-11,13-20,24-25H2,1H3,(H,46,52,53). The molecule has 0 radical (unpaired) electrons. The Hall–Kier alpha value is -6.15. The minimum Gasteiger partial charge on any atom is -0.493 e. The molecule has 14 heteroatoms. The van der Waals surface area contributed by atoms with Crippen LogP contribution in [0, 0.1) is 0 Å². The zero-order valence-corrected chi connectivity index (χ0v) is 31.7. The predicted octanol–water partition coefficient (Wildman–Crippen LogP) is 5.03. The van der Waals surface area contributed by atoms with Gasteiger partial charge in [-0.05, 0) is 48.9 Å². The van der Waals surface area contributed by atoms with Crippen molar-refractivity contribution < 1.29 is 33.4 Å². The van der Waals surface area contributed by atoms with Gasteiger partial charge in [0.15, 0.2) is 0 Å². The van der Waals surface area contributed by atoms with E-state index in [1.165, 1.54) is 4.90 Å². The molecule has 57 heavy (non-hydrogen) atoms. The summed E-state index contributed by atoms with van der Waals surface area (Å²) in [5, 5.41) is 4.36. The van der Waals surface area contributed by atoms with E-state index in [4.69, 9.17) is 24.2 Å². The van der Waals surface area contributed by atoms with Crippen molar-refractivity contribution in [3.8, 4) is 34.1 Å². The number of pyridine rings is 2. The number of piperidine rings is 1. The largest absolute Gasteiger partial charge is 0.493 e. The third kappa shape index (κ3) is 7.09. The van der Waals surface area contributed by atoms with Gasteiger partial charge < -0.3 is 28.6 Å². The third-order valence-corrected chi connectivity index (χ3v) is 11.5. The van der Waals surface area contributed by atoms with Crippen molar-refractivity contribution in [2.24, 2.45) is 0 Å². The molecule has 2 fully saturated rings. The molecule has 2 saturated heterocycles. The second-order valence-corrected chi connectivity index (χ2v) is 15.0. The van der Waals surface area contributed by atoms with Crippen LogP contribution >= 0.6 is 0 Å². The van der Waals surface area contributed by atoms with E-state index in [9.17, 15) is 19.2 Å². The zero-order valence-electron chi connectivity index (χ0n) is 31.7. The molecule has 292 valence electrons. The molecular weight excluding hydrogens is 727 g/mol. The summed E-state index contributed by atoms with van der Waals surface area (Å²) in [4.78, 5) is 67.7. The molecular formula is C43H43N7O7. The van der Waals surface area contributed by atoms with Gasteiger partial charge in [-0.1, -0.05) is 24.3 Å². The molecule has 1 N–H and O–H groups in total. The van der Waals surface area contributed by atoms with Gasteiger partial charge in [0.1, 0.15) is 17.6 Å². The number of nitrogens with zero attached hydrogens (tertiary/aromatic N) is 6. The Balaban J connectivity index is 0.842. The SMILES string of the molecule is CC(=O)N1CCn2c(C3CCOCC3)nc(-c3cccc4cc(-c5ccc(OCCCOc6cccc7c6CN(C6CCC(=O)NC6=O)C7=O)nc5)ncc34)c2C1. The van der Waals surface area contributed by atoms with Gasteiger partial charge >= 0.3 is 0 Å². The maximum Gasteiger partial charge on any atom is 0.255 e. The molecule has 0 bridgehead atoms. The van der Waals surface area contributed by atoms with Gasteiger partial charge in [0.2, 0.25) is 23.6 Å². The van der Waals surface area contributed by atoms with Crippen molar-refractivity contribution >= 4 is 34.4 Å². The highest BCUT2D eigenvalue weighted by atomic mass is 16.5. The fraction of sp³-hybridized carbons (Fsp3) is 0.372. The Labute approximate surface area is 329 Å². The van der Waals surface area contributed by atoms with Crippen LogP contribution in [-0.4, -0.2) is 92.0 Å². The number of amides is 4. The van der Waals surface area contributed by atoms with Gasteiger partial charge in [0, 0.05) is 98.1 Å². The van der Waals surface area contributed by atoms with E-state index in [0.29, 0.717) is 62.3 Å².